The van der Waals surface area contributed by atoms with Crippen LogP contribution < -0.4 is 14.8 Å². The van der Waals surface area contributed by atoms with E-state index >= 15 is 0 Å². The van der Waals surface area contributed by atoms with Crippen molar-refractivity contribution in [3.63, 3.8) is 0 Å². The van der Waals surface area contributed by atoms with Gasteiger partial charge < -0.3 is 24.1 Å². The molecule has 1 N–H and O–H groups in total. The number of carbonyl (C=O) groups is 1. The molecule has 0 bridgehead atoms. The van der Waals surface area contributed by atoms with Gasteiger partial charge in [0.15, 0.2) is 16.7 Å². The van der Waals surface area contributed by atoms with Gasteiger partial charge >= 0.3 is 0 Å². The number of thioether (sulfide) groups is 1. The highest BCUT2D eigenvalue weighted by molar-refractivity contribution is 7.99. The largest absolute Gasteiger partial charge is 0.486 e. The van der Waals surface area contributed by atoms with Crippen LogP contribution >= 0.6 is 11.8 Å². The van der Waals surface area contributed by atoms with Crippen LogP contribution in [0.1, 0.15) is 24.2 Å². The van der Waals surface area contributed by atoms with Crippen LogP contribution in [-0.2, 0) is 16.1 Å². The molecule has 2 atom stereocenters. The first-order valence-corrected chi connectivity index (χ1v) is 11.0. The maximum atomic E-state index is 12.4. The second-order valence-corrected chi connectivity index (χ2v) is 8.34. The summed E-state index contributed by atoms with van der Waals surface area (Å²) in [5, 5.41) is 3.81. The molecule has 8 heteroatoms. The number of ether oxygens (including phenoxy) is 3. The minimum absolute atomic E-state index is 0.0422. The highest BCUT2D eigenvalue weighted by Crippen LogP contribution is 2.30. The van der Waals surface area contributed by atoms with Gasteiger partial charge in [-0.2, -0.15) is 0 Å². The number of nitrogens with one attached hydrogen (secondary N) is 1. The zero-order valence-corrected chi connectivity index (χ0v) is 17.7. The van der Waals surface area contributed by atoms with Crippen molar-refractivity contribution < 1.29 is 19.0 Å². The number of aromatic nitrogens is 2. The van der Waals surface area contributed by atoms with Crippen LogP contribution in [0.15, 0.2) is 29.4 Å². The van der Waals surface area contributed by atoms with Crippen LogP contribution in [0.25, 0.3) is 0 Å². The van der Waals surface area contributed by atoms with Gasteiger partial charge in [-0.15, -0.1) is 0 Å². The zero-order chi connectivity index (χ0) is 20.2. The third-order valence-corrected chi connectivity index (χ3v) is 6.24. The quantitative estimate of drug-likeness (QED) is 0.699. The summed E-state index contributed by atoms with van der Waals surface area (Å²) in [6.45, 7) is 6.54. The fourth-order valence-corrected chi connectivity index (χ4v) is 4.44. The van der Waals surface area contributed by atoms with Gasteiger partial charge in [-0.05, 0) is 38.8 Å². The molecular formula is C21H27N3O4S. The molecule has 0 spiro atoms. The van der Waals surface area contributed by atoms with Crippen LogP contribution in [0.5, 0.6) is 11.5 Å². The molecule has 1 amide bonds. The maximum Gasteiger partial charge on any atom is 0.230 e. The Morgan fingerprint density at radius 2 is 2.10 bits per heavy atom. The van der Waals surface area contributed by atoms with Gasteiger partial charge in [0, 0.05) is 12.3 Å². The molecule has 29 heavy (non-hydrogen) atoms. The highest BCUT2D eigenvalue weighted by Gasteiger charge is 2.22. The average molecular weight is 418 g/mol. The van der Waals surface area contributed by atoms with E-state index in [4.69, 9.17) is 14.2 Å². The average Bonchev–Trinajstić information content (AvgIpc) is 3.34. The van der Waals surface area contributed by atoms with E-state index in [9.17, 15) is 4.79 Å². The number of amides is 1. The molecule has 156 valence electrons. The van der Waals surface area contributed by atoms with E-state index in [2.05, 4.69) is 21.8 Å². The Kier molecular flexibility index (Phi) is 6.30. The Morgan fingerprint density at radius 3 is 2.90 bits per heavy atom. The molecule has 1 saturated heterocycles. The number of hydrogen-bond donors (Lipinski definition) is 1. The fraction of sp³-hybridized carbons (Fsp3) is 0.524. The molecule has 0 aliphatic carbocycles. The summed E-state index contributed by atoms with van der Waals surface area (Å²) in [5.41, 5.74) is 2.13. The summed E-state index contributed by atoms with van der Waals surface area (Å²) in [6, 6.07) is 7.57. The molecule has 1 aromatic carbocycles. The first-order chi connectivity index (χ1) is 14.1. The number of aryl methyl sites for hydroxylation is 1. The molecule has 0 saturated carbocycles. The Morgan fingerprint density at radius 1 is 1.28 bits per heavy atom. The molecule has 4 rings (SSSR count). The first-order valence-electron chi connectivity index (χ1n) is 10.0. The summed E-state index contributed by atoms with van der Waals surface area (Å²) in [5.74, 6) is 1.73. The smallest absolute Gasteiger partial charge is 0.230 e. The zero-order valence-electron chi connectivity index (χ0n) is 16.8. The molecular weight excluding hydrogens is 390 g/mol. The number of nitrogens with zero attached hydrogens (tertiary/aromatic N) is 2. The lowest BCUT2D eigenvalue weighted by atomic mass is 10.2. The lowest BCUT2D eigenvalue weighted by Gasteiger charge is -2.26. The predicted molar refractivity (Wildman–Crippen MR) is 111 cm³/mol. The van der Waals surface area contributed by atoms with Gasteiger partial charge in [0.1, 0.15) is 12.7 Å². The number of rotatable bonds is 7. The van der Waals surface area contributed by atoms with Gasteiger partial charge in [0.25, 0.3) is 0 Å². The van der Waals surface area contributed by atoms with Crippen molar-refractivity contribution in [2.75, 3.05) is 25.5 Å². The minimum atomic E-state index is -0.190. The highest BCUT2D eigenvalue weighted by atomic mass is 32.2. The lowest BCUT2D eigenvalue weighted by Crippen LogP contribution is -2.41. The van der Waals surface area contributed by atoms with Crippen molar-refractivity contribution in [1.29, 1.82) is 0 Å². The number of benzene rings is 1. The van der Waals surface area contributed by atoms with E-state index in [-0.39, 0.29) is 18.1 Å². The standard InChI is InChI=1S/C21H27N3O4S/c1-14-15(2)24(11-16-6-5-9-26-16)21(23-14)29-13-20(25)22-10-17-12-27-18-7-3-4-8-19(18)28-17/h3-4,7-8,16-17H,5-6,9-13H2,1-2H3,(H,22,25). The van der Waals surface area contributed by atoms with E-state index in [1.807, 2.05) is 31.2 Å². The molecule has 1 fully saturated rings. The Bertz CT molecular complexity index is 864. The molecule has 2 unspecified atom stereocenters. The van der Waals surface area contributed by atoms with Crippen molar-refractivity contribution in [3.8, 4) is 11.5 Å². The summed E-state index contributed by atoms with van der Waals surface area (Å²) >= 11 is 1.46. The Hall–Kier alpha value is -2.19. The fourth-order valence-electron chi connectivity index (χ4n) is 3.51. The summed E-state index contributed by atoms with van der Waals surface area (Å²) in [7, 11) is 0. The van der Waals surface area contributed by atoms with E-state index < -0.39 is 0 Å². The van der Waals surface area contributed by atoms with Crippen LogP contribution in [0.3, 0.4) is 0 Å². The minimum Gasteiger partial charge on any atom is -0.486 e. The SMILES string of the molecule is Cc1nc(SCC(=O)NCC2COc3ccccc3O2)n(CC2CCCO2)c1C. The summed E-state index contributed by atoms with van der Waals surface area (Å²) in [4.78, 5) is 17.0. The Balaban J connectivity index is 1.27. The second kappa shape index (κ2) is 9.09. The van der Waals surface area contributed by atoms with Crippen molar-refractivity contribution in [2.24, 2.45) is 0 Å². The second-order valence-electron chi connectivity index (χ2n) is 7.40. The Labute approximate surface area is 175 Å². The lowest BCUT2D eigenvalue weighted by molar-refractivity contribution is -0.119. The first kappa shape index (κ1) is 20.1. The maximum absolute atomic E-state index is 12.4. The normalized spacial score (nSPS) is 20.6. The number of hydrogen-bond acceptors (Lipinski definition) is 6. The monoisotopic (exact) mass is 417 g/mol. The van der Waals surface area contributed by atoms with E-state index in [0.717, 1.165) is 54.0 Å². The molecule has 7 nitrogen and oxygen atoms in total. The van der Waals surface area contributed by atoms with E-state index in [1.54, 1.807) is 0 Å². The molecule has 2 aliphatic rings. The number of carbonyl (C=O) groups excluding carboxylic acids is 1. The molecule has 2 aromatic rings. The van der Waals surface area contributed by atoms with Gasteiger partial charge in [-0.3, -0.25) is 4.79 Å². The van der Waals surface area contributed by atoms with Crippen molar-refractivity contribution >= 4 is 17.7 Å². The van der Waals surface area contributed by atoms with Gasteiger partial charge in [-0.1, -0.05) is 23.9 Å². The van der Waals surface area contributed by atoms with Crippen LogP contribution in [0, 0.1) is 13.8 Å². The number of fused-ring (bicyclic) bond motifs is 1. The van der Waals surface area contributed by atoms with Crippen LogP contribution in [0.4, 0.5) is 0 Å². The summed E-state index contributed by atoms with van der Waals surface area (Å²) < 4.78 is 19.5. The molecule has 3 heterocycles. The molecule has 0 radical (unpaired) electrons. The van der Waals surface area contributed by atoms with Crippen LogP contribution in [-0.4, -0.2) is 53.2 Å². The molecule has 2 aliphatic heterocycles. The third kappa shape index (κ3) is 4.87. The number of imidazole rings is 1. The van der Waals surface area contributed by atoms with Gasteiger partial charge in [-0.25, -0.2) is 4.98 Å². The third-order valence-electron chi connectivity index (χ3n) is 5.26. The predicted octanol–water partition coefficient (Wildman–Crippen LogP) is 2.73. The van der Waals surface area contributed by atoms with E-state index in [0.29, 0.717) is 18.9 Å². The molecule has 1 aromatic heterocycles. The van der Waals surface area contributed by atoms with Crippen molar-refractivity contribution in [2.45, 2.75) is 50.6 Å². The van der Waals surface area contributed by atoms with Gasteiger partial charge in [0.05, 0.1) is 30.6 Å². The van der Waals surface area contributed by atoms with Crippen LogP contribution in [0.2, 0.25) is 0 Å². The number of para-hydroxylation sites is 2. The van der Waals surface area contributed by atoms with E-state index in [1.165, 1.54) is 11.8 Å². The van der Waals surface area contributed by atoms with Crippen molar-refractivity contribution in [3.05, 3.63) is 35.7 Å². The summed E-state index contributed by atoms with van der Waals surface area (Å²) in [6.07, 6.45) is 2.24. The van der Waals surface area contributed by atoms with Gasteiger partial charge in [0.2, 0.25) is 5.91 Å². The topological polar surface area (TPSA) is 74.6 Å². The van der Waals surface area contributed by atoms with Crippen molar-refractivity contribution in [1.82, 2.24) is 14.9 Å².